The molecule has 0 saturated carbocycles. The molecule has 116 valence electrons. The maximum Gasteiger partial charge on any atom is 0.272 e. The molecule has 22 heavy (non-hydrogen) atoms. The number of amides is 1. The Morgan fingerprint density at radius 1 is 1.45 bits per heavy atom. The third-order valence-corrected chi connectivity index (χ3v) is 4.30. The van der Waals surface area contributed by atoms with E-state index in [1.165, 1.54) is 0 Å². The number of carbonyl (C=O) groups is 1. The molecule has 0 aliphatic heterocycles. The van der Waals surface area contributed by atoms with Crippen LogP contribution in [0, 0.1) is 5.92 Å². The molecule has 3 rings (SSSR count). The smallest absolute Gasteiger partial charge is 0.272 e. The van der Waals surface area contributed by atoms with Crippen molar-refractivity contribution in [3.05, 3.63) is 52.8 Å². The van der Waals surface area contributed by atoms with Gasteiger partial charge in [-0.15, -0.1) is 0 Å². The lowest BCUT2D eigenvalue weighted by atomic mass is 9.87. The van der Waals surface area contributed by atoms with Crippen LogP contribution in [0.15, 0.2) is 30.3 Å². The fourth-order valence-electron chi connectivity index (χ4n) is 3.00. The van der Waals surface area contributed by atoms with E-state index in [0.717, 1.165) is 36.1 Å². The molecule has 0 radical (unpaired) electrons. The van der Waals surface area contributed by atoms with Crippen LogP contribution in [0.5, 0.6) is 0 Å². The van der Waals surface area contributed by atoms with Gasteiger partial charge in [0.2, 0.25) is 0 Å². The second kappa shape index (κ2) is 6.32. The van der Waals surface area contributed by atoms with Crippen LogP contribution in [0.1, 0.15) is 46.7 Å². The third kappa shape index (κ3) is 2.90. The largest absolute Gasteiger partial charge is 0.394 e. The second-order valence-electron chi connectivity index (χ2n) is 6.00. The van der Waals surface area contributed by atoms with E-state index in [4.69, 9.17) is 0 Å². The van der Waals surface area contributed by atoms with Crippen LogP contribution < -0.4 is 5.32 Å². The molecule has 1 aliphatic rings. The predicted molar refractivity (Wildman–Crippen MR) is 83.5 cm³/mol. The van der Waals surface area contributed by atoms with Crippen LogP contribution in [0.3, 0.4) is 0 Å². The number of aliphatic hydroxyl groups excluding tert-OH is 1. The number of nitrogens with zero attached hydrogens (tertiary/aromatic N) is 1. The molecule has 1 heterocycles. The zero-order valence-electron chi connectivity index (χ0n) is 12.7. The number of aromatic amines is 1. The van der Waals surface area contributed by atoms with Crippen LogP contribution in [-0.2, 0) is 12.8 Å². The number of hydrogen-bond donors (Lipinski definition) is 3. The van der Waals surface area contributed by atoms with Crippen molar-refractivity contribution in [1.29, 1.82) is 0 Å². The Morgan fingerprint density at radius 2 is 2.23 bits per heavy atom. The normalized spacial score (nSPS) is 18.5. The van der Waals surface area contributed by atoms with E-state index in [0.29, 0.717) is 11.6 Å². The molecule has 5 heteroatoms. The number of benzene rings is 1. The van der Waals surface area contributed by atoms with Gasteiger partial charge < -0.3 is 10.4 Å². The maximum atomic E-state index is 12.5. The number of aryl methyl sites for hydroxylation is 1. The first kappa shape index (κ1) is 14.8. The van der Waals surface area contributed by atoms with E-state index in [-0.39, 0.29) is 12.5 Å². The molecule has 0 spiro atoms. The zero-order chi connectivity index (χ0) is 15.5. The first-order valence-corrected chi connectivity index (χ1v) is 7.71. The average Bonchev–Trinajstić information content (AvgIpc) is 2.96. The minimum atomic E-state index is -0.415. The van der Waals surface area contributed by atoms with E-state index in [1.807, 2.05) is 30.3 Å². The molecule has 0 unspecified atom stereocenters. The highest BCUT2D eigenvalue weighted by atomic mass is 16.3. The Bertz CT molecular complexity index is 651. The summed E-state index contributed by atoms with van der Waals surface area (Å²) in [5.41, 5.74) is 3.46. The number of H-pyrrole nitrogens is 1. The molecule has 0 fully saturated rings. The second-order valence-corrected chi connectivity index (χ2v) is 6.00. The van der Waals surface area contributed by atoms with Crippen molar-refractivity contribution in [2.24, 2.45) is 5.92 Å². The maximum absolute atomic E-state index is 12.5. The lowest BCUT2D eigenvalue weighted by Gasteiger charge is -2.19. The number of fused-ring (bicyclic) bond motifs is 1. The Labute approximate surface area is 129 Å². The molecule has 1 aliphatic carbocycles. The molecule has 2 aromatic rings. The average molecular weight is 299 g/mol. The van der Waals surface area contributed by atoms with Crippen molar-refractivity contribution in [3.8, 4) is 0 Å². The van der Waals surface area contributed by atoms with Gasteiger partial charge in [-0.3, -0.25) is 9.89 Å². The highest BCUT2D eigenvalue weighted by Gasteiger charge is 2.26. The molecule has 5 nitrogen and oxygen atoms in total. The van der Waals surface area contributed by atoms with Gasteiger partial charge in [-0.1, -0.05) is 37.3 Å². The molecule has 1 aromatic heterocycles. The van der Waals surface area contributed by atoms with Crippen LogP contribution in [0.4, 0.5) is 0 Å². The number of carbonyl (C=O) groups excluding carboxylic acids is 1. The van der Waals surface area contributed by atoms with Gasteiger partial charge in [-0.2, -0.15) is 5.10 Å². The summed E-state index contributed by atoms with van der Waals surface area (Å²) in [4.78, 5) is 12.5. The summed E-state index contributed by atoms with van der Waals surface area (Å²) in [6.45, 7) is 2.05. The van der Waals surface area contributed by atoms with Crippen LogP contribution in [-0.4, -0.2) is 27.8 Å². The first-order chi connectivity index (χ1) is 10.7. The highest BCUT2D eigenvalue weighted by Crippen LogP contribution is 2.26. The van der Waals surface area contributed by atoms with Gasteiger partial charge in [0.05, 0.1) is 12.6 Å². The van der Waals surface area contributed by atoms with Crippen molar-refractivity contribution < 1.29 is 9.90 Å². The predicted octanol–water partition coefficient (Wildman–Crippen LogP) is 2.00. The van der Waals surface area contributed by atoms with E-state index in [1.54, 1.807) is 0 Å². The molecule has 1 aromatic carbocycles. The molecule has 0 saturated heterocycles. The van der Waals surface area contributed by atoms with Gasteiger partial charge >= 0.3 is 0 Å². The van der Waals surface area contributed by atoms with E-state index >= 15 is 0 Å². The number of hydrogen-bond acceptors (Lipinski definition) is 3. The summed E-state index contributed by atoms with van der Waals surface area (Å²) in [5.74, 6) is 0.342. The van der Waals surface area contributed by atoms with Gasteiger partial charge in [-0.25, -0.2) is 0 Å². The number of aromatic nitrogens is 2. The highest BCUT2D eigenvalue weighted by molar-refractivity contribution is 5.94. The monoisotopic (exact) mass is 299 g/mol. The number of nitrogens with one attached hydrogen (secondary N) is 2. The Hall–Kier alpha value is -2.14. The molecule has 3 N–H and O–H groups in total. The van der Waals surface area contributed by atoms with Crippen LogP contribution >= 0.6 is 0 Å². The van der Waals surface area contributed by atoms with Crippen LogP contribution in [0.2, 0.25) is 0 Å². The van der Waals surface area contributed by atoms with Crippen molar-refractivity contribution in [2.45, 2.75) is 32.2 Å². The Balaban J connectivity index is 1.78. The zero-order valence-corrected chi connectivity index (χ0v) is 12.7. The van der Waals surface area contributed by atoms with Gasteiger partial charge in [-0.05, 0) is 30.7 Å². The number of aliphatic hydroxyl groups is 1. The Kier molecular flexibility index (Phi) is 4.24. The quantitative estimate of drug-likeness (QED) is 0.808. The fourth-order valence-corrected chi connectivity index (χ4v) is 3.00. The fraction of sp³-hybridized carbons (Fsp3) is 0.412. The van der Waals surface area contributed by atoms with E-state index in [9.17, 15) is 9.90 Å². The minimum absolute atomic E-state index is 0.140. The molecule has 0 bridgehead atoms. The lowest BCUT2D eigenvalue weighted by Crippen LogP contribution is -2.32. The summed E-state index contributed by atoms with van der Waals surface area (Å²) in [5, 5.41) is 19.6. The van der Waals surface area contributed by atoms with E-state index < -0.39 is 6.04 Å². The van der Waals surface area contributed by atoms with E-state index in [2.05, 4.69) is 22.4 Å². The minimum Gasteiger partial charge on any atom is -0.394 e. The summed E-state index contributed by atoms with van der Waals surface area (Å²) in [6, 6.07) is 9.06. The summed E-state index contributed by atoms with van der Waals surface area (Å²) < 4.78 is 0. The summed E-state index contributed by atoms with van der Waals surface area (Å²) in [7, 11) is 0. The van der Waals surface area contributed by atoms with Gasteiger partial charge in [0, 0.05) is 11.3 Å². The summed E-state index contributed by atoms with van der Waals surface area (Å²) >= 11 is 0. The van der Waals surface area contributed by atoms with Crippen molar-refractivity contribution in [1.82, 2.24) is 15.5 Å². The van der Waals surface area contributed by atoms with Crippen molar-refractivity contribution in [3.63, 3.8) is 0 Å². The topological polar surface area (TPSA) is 78.0 Å². The van der Waals surface area contributed by atoms with Gasteiger partial charge in [0.15, 0.2) is 5.69 Å². The van der Waals surface area contributed by atoms with Gasteiger partial charge in [0.1, 0.15) is 0 Å². The number of rotatable bonds is 4. The summed E-state index contributed by atoms with van der Waals surface area (Å²) in [6.07, 6.45) is 2.95. The van der Waals surface area contributed by atoms with Gasteiger partial charge in [0.25, 0.3) is 5.91 Å². The molecular formula is C17H21N3O2. The molecule has 1 amide bonds. The van der Waals surface area contributed by atoms with Crippen molar-refractivity contribution >= 4 is 5.91 Å². The standard InChI is InChI=1S/C17H21N3O2/c1-11-7-8-14-13(9-11)16(20-19-14)17(22)18-15(10-21)12-5-3-2-4-6-12/h2-6,11,15,21H,7-10H2,1H3,(H,18,22)(H,19,20)/t11-,15+/m0/s1. The molecular weight excluding hydrogens is 278 g/mol. The lowest BCUT2D eigenvalue weighted by molar-refractivity contribution is 0.0910. The first-order valence-electron chi connectivity index (χ1n) is 7.71. The molecule has 2 atom stereocenters. The third-order valence-electron chi connectivity index (χ3n) is 4.30. The van der Waals surface area contributed by atoms with Crippen LogP contribution in [0.25, 0.3) is 0 Å². The SMILES string of the molecule is C[C@H]1CCc2[nH]nc(C(=O)N[C@H](CO)c3ccccc3)c2C1. The Morgan fingerprint density at radius 3 is 2.95 bits per heavy atom. The van der Waals surface area contributed by atoms with Crippen molar-refractivity contribution in [2.75, 3.05) is 6.61 Å².